The number of hydrogen-bond acceptors (Lipinski definition) is 3. The Balaban J connectivity index is 2.15. The number of hydrogen-bond donors (Lipinski definition) is 2. The lowest BCUT2D eigenvalue weighted by Crippen LogP contribution is -2.47. The van der Waals surface area contributed by atoms with Gasteiger partial charge in [-0.2, -0.15) is 0 Å². The Morgan fingerprint density at radius 2 is 2.05 bits per heavy atom. The topological polar surface area (TPSA) is 75.6 Å². The molecule has 0 atom stereocenters. The zero-order chi connectivity index (χ0) is 15.5. The zero-order valence-corrected chi connectivity index (χ0v) is 13.4. The molecule has 0 unspecified atom stereocenters. The fraction of sp³-hybridized carbons (Fsp3) is 0.467. The fourth-order valence-corrected chi connectivity index (χ4v) is 3.35. The van der Waals surface area contributed by atoms with Crippen LogP contribution in [0.1, 0.15) is 42.5 Å². The molecule has 0 heterocycles. The number of rotatable bonds is 5. The van der Waals surface area contributed by atoms with Crippen LogP contribution in [0.2, 0.25) is 0 Å². The third-order valence-electron chi connectivity index (χ3n) is 3.84. The fourth-order valence-electron chi connectivity index (χ4n) is 2.81. The number of halogens is 1. The summed E-state index contributed by atoms with van der Waals surface area (Å²) in [6.07, 6.45) is 3.28. The molecule has 0 saturated heterocycles. The van der Waals surface area contributed by atoms with E-state index in [1.54, 1.807) is 25.3 Å². The molecule has 1 aromatic carbocycles. The minimum Gasteiger partial charge on any atom is -0.496 e. The number of methoxy groups -OCH3 is 1. The molecule has 0 aliphatic heterocycles. The van der Waals surface area contributed by atoms with Crippen molar-refractivity contribution in [3.63, 3.8) is 0 Å². The number of carbonyl (C=O) groups is 2. The van der Waals surface area contributed by atoms with E-state index in [0.29, 0.717) is 28.6 Å². The molecule has 1 amide bonds. The number of amides is 1. The summed E-state index contributed by atoms with van der Waals surface area (Å²) in [7, 11) is 1.56. The van der Waals surface area contributed by atoms with Crippen LogP contribution in [-0.2, 0) is 4.79 Å². The SMILES string of the molecule is COc1ccc(C(=O)NC2(CC(=O)O)CCCC2)cc1Br. The van der Waals surface area contributed by atoms with E-state index in [4.69, 9.17) is 9.84 Å². The van der Waals surface area contributed by atoms with Crippen LogP contribution < -0.4 is 10.1 Å². The van der Waals surface area contributed by atoms with E-state index in [2.05, 4.69) is 21.2 Å². The van der Waals surface area contributed by atoms with E-state index >= 15 is 0 Å². The summed E-state index contributed by atoms with van der Waals surface area (Å²) in [6, 6.07) is 5.05. The van der Waals surface area contributed by atoms with Crippen molar-refractivity contribution < 1.29 is 19.4 Å². The molecule has 1 saturated carbocycles. The maximum atomic E-state index is 12.4. The van der Waals surface area contributed by atoms with Gasteiger partial charge in [0, 0.05) is 5.56 Å². The molecule has 0 bridgehead atoms. The number of ether oxygens (including phenoxy) is 1. The smallest absolute Gasteiger partial charge is 0.305 e. The van der Waals surface area contributed by atoms with Crippen molar-refractivity contribution in [1.29, 1.82) is 0 Å². The van der Waals surface area contributed by atoms with Gasteiger partial charge in [-0.1, -0.05) is 12.8 Å². The summed E-state index contributed by atoms with van der Waals surface area (Å²) in [5, 5.41) is 12.0. The summed E-state index contributed by atoms with van der Waals surface area (Å²) in [6.45, 7) is 0. The number of carboxylic acid groups (broad SMARTS) is 1. The molecule has 5 nitrogen and oxygen atoms in total. The Bertz CT molecular complexity index is 553. The maximum absolute atomic E-state index is 12.4. The number of benzene rings is 1. The van der Waals surface area contributed by atoms with Crippen molar-refractivity contribution in [3.05, 3.63) is 28.2 Å². The van der Waals surface area contributed by atoms with Crippen LogP contribution in [0.15, 0.2) is 22.7 Å². The van der Waals surface area contributed by atoms with Crippen LogP contribution >= 0.6 is 15.9 Å². The van der Waals surface area contributed by atoms with Crippen LogP contribution in [-0.4, -0.2) is 29.6 Å². The second kappa shape index (κ2) is 6.47. The monoisotopic (exact) mass is 355 g/mol. The molecule has 2 rings (SSSR count). The lowest BCUT2D eigenvalue weighted by atomic mass is 9.92. The van der Waals surface area contributed by atoms with E-state index in [9.17, 15) is 9.59 Å². The number of carbonyl (C=O) groups excluding carboxylic acids is 1. The summed E-state index contributed by atoms with van der Waals surface area (Å²) in [5.41, 5.74) is -0.130. The van der Waals surface area contributed by atoms with Gasteiger partial charge in [0.2, 0.25) is 0 Å². The molecular weight excluding hydrogens is 338 g/mol. The molecule has 1 aliphatic carbocycles. The average Bonchev–Trinajstić information content (AvgIpc) is 2.85. The van der Waals surface area contributed by atoms with Crippen molar-refractivity contribution >= 4 is 27.8 Å². The van der Waals surface area contributed by atoms with Gasteiger partial charge in [-0.15, -0.1) is 0 Å². The highest BCUT2D eigenvalue weighted by molar-refractivity contribution is 9.10. The van der Waals surface area contributed by atoms with Crippen molar-refractivity contribution in [3.8, 4) is 5.75 Å². The second-order valence-electron chi connectivity index (χ2n) is 5.36. The summed E-state index contributed by atoms with van der Waals surface area (Å²) < 4.78 is 5.82. The predicted octanol–water partition coefficient (Wildman–Crippen LogP) is 2.98. The number of nitrogens with one attached hydrogen (secondary N) is 1. The van der Waals surface area contributed by atoms with Gasteiger partial charge in [0.15, 0.2) is 0 Å². The highest BCUT2D eigenvalue weighted by Gasteiger charge is 2.37. The third-order valence-corrected chi connectivity index (χ3v) is 4.46. The van der Waals surface area contributed by atoms with Crippen molar-refractivity contribution in [2.24, 2.45) is 0 Å². The first-order valence-corrected chi connectivity index (χ1v) is 7.63. The molecule has 114 valence electrons. The second-order valence-corrected chi connectivity index (χ2v) is 6.22. The summed E-state index contributed by atoms with van der Waals surface area (Å²) in [4.78, 5) is 23.4. The van der Waals surface area contributed by atoms with Gasteiger partial charge < -0.3 is 15.2 Å². The summed E-state index contributed by atoms with van der Waals surface area (Å²) >= 11 is 3.34. The Morgan fingerprint density at radius 1 is 1.38 bits per heavy atom. The third kappa shape index (κ3) is 3.75. The average molecular weight is 356 g/mol. The van der Waals surface area contributed by atoms with Gasteiger partial charge in [0.1, 0.15) is 5.75 Å². The largest absolute Gasteiger partial charge is 0.496 e. The van der Waals surface area contributed by atoms with E-state index in [1.165, 1.54) is 0 Å². The van der Waals surface area contributed by atoms with Crippen LogP contribution in [0.4, 0.5) is 0 Å². The molecule has 1 fully saturated rings. The van der Waals surface area contributed by atoms with Crippen LogP contribution in [0.3, 0.4) is 0 Å². The molecular formula is C15H18BrNO4. The number of aliphatic carboxylic acids is 1. The highest BCUT2D eigenvalue weighted by atomic mass is 79.9. The Kier molecular flexibility index (Phi) is 4.88. The zero-order valence-electron chi connectivity index (χ0n) is 11.8. The van der Waals surface area contributed by atoms with Gasteiger partial charge in [-0.05, 0) is 47.0 Å². The standard InChI is InChI=1S/C15H18BrNO4/c1-21-12-5-4-10(8-11(12)16)14(20)17-15(9-13(18)19)6-2-3-7-15/h4-5,8H,2-3,6-7,9H2,1H3,(H,17,20)(H,18,19). The molecule has 1 aliphatic rings. The van der Waals surface area contributed by atoms with Gasteiger partial charge in [-0.25, -0.2) is 0 Å². The van der Waals surface area contributed by atoms with Gasteiger partial charge in [0.25, 0.3) is 5.91 Å². The first kappa shape index (κ1) is 15.8. The van der Waals surface area contributed by atoms with Crippen LogP contribution in [0.25, 0.3) is 0 Å². The first-order valence-electron chi connectivity index (χ1n) is 6.84. The molecule has 6 heteroatoms. The molecule has 0 radical (unpaired) electrons. The van der Waals surface area contributed by atoms with Crippen molar-refractivity contribution in [2.45, 2.75) is 37.6 Å². The predicted molar refractivity (Wildman–Crippen MR) is 81.6 cm³/mol. The normalized spacial score (nSPS) is 16.5. The van der Waals surface area contributed by atoms with E-state index in [1.807, 2.05) is 0 Å². The van der Waals surface area contributed by atoms with E-state index < -0.39 is 11.5 Å². The van der Waals surface area contributed by atoms with Gasteiger partial charge >= 0.3 is 5.97 Å². The highest BCUT2D eigenvalue weighted by Crippen LogP contribution is 2.33. The van der Waals surface area contributed by atoms with Crippen LogP contribution in [0.5, 0.6) is 5.75 Å². The van der Waals surface area contributed by atoms with Gasteiger partial charge in [-0.3, -0.25) is 9.59 Å². The maximum Gasteiger partial charge on any atom is 0.305 e. The molecule has 0 spiro atoms. The Labute approximate surface area is 131 Å². The van der Waals surface area contributed by atoms with Crippen molar-refractivity contribution in [2.75, 3.05) is 7.11 Å². The number of carboxylic acids is 1. The molecule has 1 aromatic rings. The van der Waals surface area contributed by atoms with Crippen molar-refractivity contribution in [1.82, 2.24) is 5.32 Å². The molecule has 2 N–H and O–H groups in total. The minimum atomic E-state index is -0.881. The molecule has 0 aromatic heterocycles. The van der Waals surface area contributed by atoms with E-state index in [0.717, 1.165) is 12.8 Å². The van der Waals surface area contributed by atoms with Gasteiger partial charge in [0.05, 0.1) is 23.5 Å². The minimum absolute atomic E-state index is 0.0317. The lowest BCUT2D eigenvalue weighted by molar-refractivity contribution is -0.138. The summed E-state index contributed by atoms with van der Waals surface area (Å²) in [5.74, 6) is -0.484. The van der Waals surface area contributed by atoms with Crippen LogP contribution in [0, 0.1) is 0 Å². The lowest BCUT2D eigenvalue weighted by Gasteiger charge is -2.28. The van der Waals surface area contributed by atoms with E-state index in [-0.39, 0.29) is 12.3 Å². The first-order chi connectivity index (χ1) is 9.96. The molecule has 21 heavy (non-hydrogen) atoms. The quantitative estimate of drug-likeness (QED) is 0.851. The Morgan fingerprint density at radius 3 is 2.57 bits per heavy atom. The Hall–Kier alpha value is -1.56.